The van der Waals surface area contributed by atoms with Crippen LogP contribution in [0.1, 0.15) is 13.3 Å². The maximum atomic E-state index is 12.6. The summed E-state index contributed by atoms with van der Waals surface area (Å²) in [6.45, 7) is 1.22. The lowest BCUT2D eigenvalue weighted by molar-refractivity contribution is -0.225. The van der Waals surface area contributed by atoms with Gasteiger partial charge in [-0.2, -0.15) is 0 Å². The fourth-order valence-electron chi connectivity index (χ4n) is 2.98. The van der Waals surface area contributed by atoms with Gasteiger partial charge in [0.1, 0.15) is 0 Å². The average Bonchev–Trinajstić information content (AvgIpc) is 2.77. The summed E-state index contributed by atoms with van der Waals surface area (Å²) >= 11 is 6.15. The van der Waals surface area contributed by atoms with Gasteiger partial charge in [0.15, 0.2) is 5.60 Å². The highest BCUT2D eigenvalue weighted by Gasteiger charge is 2.82. The van der Waals surface area contributed by atoms with Crippen molar-refractivity contribution in [2.24, 2.45) is 5.92 Å². The molecule has 4 unspecified atom stereocenters. The molecule has 2 aliphatic rings. The molecule has 1 fully saturated rings. The molecule has 8 heteroatoms. The first-order valence-electron chi connectivity index (χ1n) is 5.73. The molecule has 0 bridgehead atoms. The number of carbonyl (C=O) groups excluding carboxylic acids is 1. The lowest BCUT2D eigenvalue weighted by atomic mass is 9.67. The van der Waals surface area contributed by atoms with E-state index >= 15 is 0 Å². The Hall–Kier alpha value is -0.390. The van der Waals surface area contributed by atoms with Crippen LogP contribution in [0.5, 0.6) is 0 Å². The van der Waals surface area contributed by atoms with Crippen molar-refractivity contribution in [3.05, 3.63) is 12.2 Å². The molecule has 0 aliphatic heterocycles. The molecule has 0 saturated heterocycles. The zero-order valence-electron chi connectivity index (χ0n) is 10.8. The normalized spacial score (nSPS) is 40.7. The van der Waals surface area contributed by atoms with Crippen molar-refractivity contribution in [1.29, 1.82) is 0 Å². The average molecular weight is 311 g/mol. The molecule has 2 rings (SSSR count). The molecule has 0 aromatic rings. The van der Waals surface area contributed by atoms with E-state index < -0.39 is 35.8 Å². The first-order valence-corrected chi connectivity index (χ1v) is 7.71. The van der Waals surface area contributed by atoms with Crippen molar-refractivity contribution in [3.63, 3.8) is 0 Å². The quantitative estimate of drug-likeness (QED) is 0.368. The summed E-state index contributed by atoms with van der Waals surface area (Å²) in [4.78, 5) is 11.3. The lowest BCUT2D eigenvalue weighted by Crippen LogP contribution is -2.76. The second kappa shape index (κ2) is 4.57. The number of aliphatic hydroxyl groups is 1. The summed E-state index contributed by atoms with van der Waals surface area (Å²) < 4.78 is 27.6. The molecule has 1 saturated carbocycles. The number of rotatable bonds is 4. The molecule has 0 aromatic heterocycles. The minimum atomic E-state index is -3.94. The highest BCUT2D eigenvalue weighted by atomic mass is 35.5. The number of esters is 1. The number of fused-ring (bicyclic) bond motifs is 1. The molecule has 6 nitrogen and oxygen atoms in total. The van der Waals surface area contributed by atoms with Crippen LogP contribution in [-0.4, -0.2) is 41.6 Å². The SMILES string of the molecule is COP(=O)(OC)C1(O)C(Cl)C2C=CCC21OC(C)=O. The number of carbonyl (C=O) groups is 1. The monoisotopic (exact) mass is 310 g/mol. The van der Waals surface area contributed by atoms with Crippen LogP contribution in [0.15, 0.2) is 12.2 Å². The van der Waals surface area contributed by atoms with Gasteiger partial charge >= 0.3 is 13.6 Å². The minimum Gasteiger partial charge on any atom is -0.454 e. The summed E-state index contributed by atoms with van der Waals surface area (Å²) in [5.41, 5.74) is -1.38. The van der Waals surface area contributed by atoms with Crippen molar-refractivity contribution in [1.82, 2.24) is 0 Å². The number of hydrogen-bond donors (Lipinski definition) is 1. The van der Waals surface area contributed by atoms with Gasteiger partial charge in [0.05, 0.1) is 5.38 Å². The molecule has 1 N–H and O–H groups in total. The number of ether oxygens (including phenoxy) is 1. The first-order chi connectivity index (χ1) is 8.79. The predicted octanol–water partition coefficient (Wildman–Crippen LogP) is 1.66. The topological polar surface area (TPSA) is 82.1 Å². The summed E-state index contributed by atoms with van der Waals surface area (Å²) in [6, 6.07) is 0. The van der Waals surface area contributed by atoms with Crippen LogP contribution in [0.3, 0.4) is 0 Å². The van der Waals surface area contributed by atoms with E-state index in [9.17, 15) is 14.5 Å². The van der Waals surface area contributed by atoms with Crippen LogP contribution in [0.25, 0.3) is 0 Å². The third-order valence-corrected chi connectivity index (χ3v) is 7.04. The number of hydrogen-bond acceptors (Lipinski definition) is 6. The Kier molecular flexibility index (Phi) is 3.61. The van der Waals surface area contributed by atoms with E-state index in [1.807, 2.05) is 0 Å². The van der Waals surface area contributed by atoms with Crippen molar-refractivity contribution < 1.29 is 28.3 Å². The van der Waals surface area contributed by atoms with Gasteiger partial charge in [0.2, 0.25) is 5.34 Å². The van der Waals surface area contributed by atoms with E-state index in [-0.39, 0.29) is 6.42 Å². The Labute approximate surface area is 116 Å². The van der Waals surface area contributed by atoms with E-state index in [0.29, 0.717) is 0 Å². The van der Waals surface area contributed by atoms with Crippen molar-refractivity contribution in [2.75, 3.05) is 14.2 Å². The predicted molar refractivity (Wildman–Crippen MR) is 68.0 cm³/mol. The molecule has 2 aliphatic carbocycles. The lowest BCUT2D eigenvalue weighted by Gasteiger charge is -2.60. The Morgan fingerprint density at radius 1 is 1.47 bits per heavy atom. The molecule has 0 amide bonds. The smallest absolute Gasteiger partial charge is 0.367 e. The Balaban J connectivity index is 2.49. The van der Waals surface area contributed by atoms with Gasteiger partial charge in [-0.3, -0.25) is 9.36 Å². The van der Waals surface area contributed by atoms with E-state index in [1.165, 1.54) is 6.92 Å². The Bertz CT molecular complexity index is 472. The molecule has 0 radical (unpaired) electrons. The highest BCUT2D eigenvalue weighted by Crippen LogP contribution is 2.75. The molecule has 108 valence electrons. The molecule has 0 aromatic carbocycles. The van der Waals surface area contributed by atoms with E-state index in [2.05, 4.69) is 0 Å². The van der Waals surface area contributed by atoms with Gasteiger partial charge in [-0.15, -0.1) is 11.6 Å². The van der Waals surface area contributed by atoms with E-state index in [1.54, 1.807) is 12.2 Å². The van der Waals surface area contributed by atoms with Crippen LogP contribution in [0.2, 0.25) is 0 Å². The molecule has 19 heavy (non-hydrogen) atoms. The van der Waals surface area contributed by atoms with E-state index in [4.69, 9.17) is 25.4 Å². The molecular formula is C11H16ClO6P. The fraction of sp³-hybridized carbons (Fsp3) is 0.727. The third-order valence-electron chi connectivity index (χ3n) is 3.85. The largest absolute Gasteiger partial charge is 0.454 e. The number of alkyl halides is 1. The fourth-order valence-corrected chi connectivity index (χ4v) is 5.72. The standard InChI is InChI=1S/C11H16ClO6P/c1-7(13)18-10-6-4-5-8(10)9(12)11(10,14)19(15,16-2)17-3/h4-5,8-9,14H,6H2,1-3H3. The third kappa shape index (κ3) is 1.61. The van der Waals surface area contributed by atoms with Gasteiger partial charge in [-0.05, 0) is 0 Å². The van der Waals surface area contributed by atoms with Gasteiger partial charge in [0, 0.05) is 33.5 Å². The van der Waals surface area contributed by atoms with Crippen LogP contribution < -0.4 is 0 Å². The number of halogens is 1. The van der Waals surface area contributed by atoms with Gasteiger partial charge in [-0.1, -0.05) is 12.2 Å². The van der Waals surface area contributed by atoms with Gasteiger partial charge in [-0.25, -0.2) is 0 Å². The van der Waals surface area contributed by atoms with Crippen LogP contribution >= 0.6 is 19.2 Å². The van der Waals surface area contributed by atoms with Crippen molar-refractivity contribution in [2.45, 2.75) is 29.7 Å². The maximum Gasteiger partial charge on any atom is 0.367 e. The van der Waals surface area contributed by atoms with Gasteiger partial charge < -0.3 is 18.9 Å². The summed E-state index contributed by atoms with van der Waals surface area (Å²) in [5, 5.41) is 7.82. The van der Waals surface area contributed by atoms with Crippen LogP contribution in [0, 0.1) is 5.92 Å². The summed E-state index contributed by atoms with van der Waals surface area (Å²) in [5.74, 6) is -1.00. The Morgan fingerprint density at radius 2 is 2.05 bits per heavy atom. The second-order valence-corrected chi connectivity index (χ2v) is 7.51. The molecular weight excluding hydrogens is 295 g/mol. The highest BCUT2D eigenvalue weighted by molar-refractivity contribution is 7.55. The summed E-state index contributed by atoms with van der Waals surface area (Å²) in [7, 11) is -1.63. The summed E-state index contributed by atoms with van der Waals surface area (Å²) in [6.07, 6.45) is 3.69. The first kappa shape index (κ1) is 15.0. The van der Waals surface area contributed by atoms with Gasteiger partial charge in [0.25, 0.3) is 0 Å². The van der Waals surface area contributed by atoms with Crippen molar-refractivity contribution >= 4 is 25.2 Å². The van der Waals surface area contributed by atoms with Crippen LogP contribution in [0.4, 0.5) is 0 Å². The maximum absolute atomic E-state index is 12.6. The van der Waals surface area contributed by atoms with Crippen LogP contribution in [-0.2, 0) is 23.1 Å². The second-order valence-electron chi connectivity index (χ2n) is 4.63. The zero-order valence-corrected chi connectivity index (χ0v) is 12.5. The minimum absolute atomic E-state index is 0.216. The molecule has 0 heterocycles. The van der Waals surface area contributed by atoms with Crippen molar-refractivity contribution in [3.8, 4) is 0 Å². The van der Waals surface area contributed by atoms with E-state index in [0.717, 1.165) is 14.2 Å². The molecule has 0 spiro atoms. The molecule has 4 atom stereocenters. The Morgan fingerprint density at radius 3 is 2.53 bits per heavy atom. The zero-order chi connectivity index (χ0) is 14.5.